The van der Waals surface area contributed by atoms with Gasteiger partial charge in [-0.05, 0) is 32.2 Å². The molecule has 0 N–H and O–H groups in total. The second-order valence-corrected chi connectivity index (χ2v) is 5.96. The maximum absolute atomic E-state index is 12.2. The van der Waals surface area contributed by atoms with Crippen LogP contribution in [0.4, 0.5) is 0 Å². The zero-order chi connectivity index (χ0) is 14.4. The van der Waals surface area contributed by atoms with Crippen LogP contribution >= 0.6 is 0 Å². The molecule has 0 saturated carbocycles. The summed E-state index contributed by atoms with van der Waals surface area (Å²) in [5.74, 6) is 1.05. The highest BCUT2D eigenvalue weighted by Crippen LogP contribution is 2.15. The van der Waals surface area contributed by atoms with Gasteiger partial charge in [-0.25, -0.2) is 4.98 Å². The van der Waals surface area contributed by atoms with Gasteiger partial charge in [0.2, 0.25) is 5.91 Å². The van der Waals surface area contributed by atoms with Gasteiger partial charge >= 0.3 is 0 Å². The Morgan fingerprint density at radius 3 is 2.80 bits per heavy atom. The summed E-state index contributed by atoms with van der Waals surface area (Å²) in [5.41, 5.74) is 0. The lowest BCUT2D eigenvalue weighted by Crippen LogP contribution is -2.43. The van der Waals surface area contributed by atoms with Crippen molar-refractivity contribution in [1.29, 1.82) is 0 Å². The Balaban J connectivity index is 1.63. The van der Waals surface area contributed by atoms with E-state index in [1.54, 1.807) is 6.20 Å². The van der Waals surface area contributed by atoms with Crippen LogP contribution in [0.15, 0.2) is 18.7 Å². The highest BCUT2D eigenvalue weighted by Gasteiger charge is 2.20. The molecule has 1 fully saturated rings. The molecule has 1 aliphatic heterocycles. The van der Waals surface area contributed by atoms with Crippen LogP contribution in [0.3, 0.4) is 0 Å². The lowest BCUT2D eigenvalue weighted by atomic mass is 9.99. The molecule has 1 aliphatic rings. The molecule has 1 amide bonds. The molecule has 5 heteroatoms. The van der Waals surface area contributed by atoms with Crippen LogP contribution in [-0.4, -0.2) is 58.5 Å². The van der Waals surface area contributed by atoms with E-state index < -0.39 is 0 Å². The highest BCUT2D eigenvalue weighted by atomic mass is 16.2. The summed E-state index contributed by atoms with van der Waals surface area (Å²) in [6.45, 7) is 6.57. The van der Waals surface area contributed by atoms with Crippen LogP contribution in [0.2, 0.25) is 0 Å². The number of imidazole rings is 1. The highest BCUT2D eigenvalue weighted by molar-refractivity contribution is 5.78. The first kappa shape index (κ1) is 15.0. The van der Waals surface area contributed by atoms with E-state index >= 15 is 0 Å². The summed E-state index contributed by atoms with van der Waals surface area (Å²) in [6, 6.07) is 0. The van der Waals surface area contributed by atoms with Gasteiger partial charge in [-0.1, -0.05) is 6.92 Å². The van der Waals surface area contributed by atoms with Crippen LogP contribution in [0, 0.1) is 5.92 Å². The maximum Gasteiger partial charge on any atom is 0.236 e. The fraction of sp³-hybridized carbons (Fsp3) is 0.733. The number of rotatable bonds is 6. The van der Waals surface area contributed by atoms with Gasteiger partial charge in [0.1, 0.15) is 0 Å². The molecular formula is C15H26N4O. The van der Waals surface area contributed by atoms with Crippen LogP contribution in [0.25, 0.3) is 0 Å². The Morgan fingerprint density at radius 1 is 1.40 bits per heavy atom. The summed E-state index contributed by atoms with van der Waals surface area (Å²) < 4.78 is 2.07. The van der Waals surface area contributed by atoms with Crippen molar-refractivity contribution < 1.29 is 4.79 Å². The number of aromatic nitrogens is 2. The van der Waals surface area contributed by atoms with Crippen molar-refractivity contribution in [3.05, 3.63) is 18.7 Å². The molecule has 0 spiro atoms. The molecule has 5 nitrogen and oxygen atoms in total. The van der Waals surface area contributed by atoms with Gasteiger partial charge in [0, 0.05) is 38.6 Å². The minimum absolute atomic E-state index is 0.280. The summed E-state index contributed by atoms with van der Waals surface area (Å²) in [7, 11) is 2.03. The summed E-state index contributed by atoms with van der Waals surface area (Å²) in [4.78, 5) is 20.3. The van der Waals surface area contributed by atoms with Gasteiger partial charge < -0.3 is 9.47 Å². The van der Waals surface area contributed by atoms with E-state index in [1.165, 1.54) is 0 Å². The number of likely N-dealkylation sites (N-methyl/N-ethyl adjacent to an activating group) is 1. The largest absolute Gasteiger partial charge is 0.342 e. The maximum atomic E-state index is 12.2. The number of piperidine rings is 1. The van der Waals surface area contributed by atoms with E-state index in [1.807, 2.05) is 24.5 Å². The number of likely N-dealkylation sites (tertiary alicyclic amines) is 1. The normalized spacial score (nSPS) is 16.9. The number of carbonyl (C=O) groups excluding carboxylic acids is 1. The number of nitrogens with zero attached hydrogens (tertiary/aromatic N) is 4. The lowest BCUT2D eigenvalue weighted by Gasteiger charge is -2.31. The molecule has 20 heavy (non-hydrogen) atoms. The molecule has 1 saturated heterocycles. The van der Waals surface area contributed by atoms with Gasteiger partial charge in [0.25, 0.3) is 0 Å². The fourth-order valence-corrected chi connectivity index (χ4v) is 2.61. The van der Waals surface area contributed by atoms with Gasteiger partial charge in [0.05, 0.1) is 12.9 Å². The average Bonchev–Trinajstić information content (AvgIpc) is 2.92. The molecule has 0 atom stereocenters. The molecule has 2 rings (SSSR count). The van der Waals surface area contributed by atoms with E-state index in [0.29, 0.717) is 6.54 Å². The van der Waals surface area contributed by atoms with E-state index in [4.69, 9.17) is 0 Å². The Kier molecular flexibility index (Phi) is 5.59. The third kappa shape index (κ3) is 4.63. The van der Waals surface area contributed by atoms with Crippen LogP contribution < -0.4 is 0 Å². The van der Waals surface area contributed by atoms with Crippen molar-refractivity contribution in [3.63, 3.8) is 0 Å². The first-order valence-corrected chi connectivity index (χ1v) is 7.57. The molecule has 0 aliphatic carbocycles. The topological polar surface area (TPSA) is 41.4 Å². The van der Waals surface area contributed by atoms with Crippen molar-refractivity contribution in [2.75, 3.05) is 33.2 Å². The van der Waals surface area contributed by atoms with Gasteiger partial charge in [-0.3, -0.25) is 9.69 Å². The molecule has 0 radical (unpaired) electrons. The molecule has 112 valence electrons. The zero-order valence-corrected chi connectivity index (χ0v) is 12.7. The molecule has 0 bridgehead atoms. The lowest BCUT2D eigenvalue weighted by molar-refractivity contribution is -0.133. The van der Waals surface area contributed by atoms with E-state index in [2.05, 4.69) is 21.4 Å². The van der Waals surface area contributed by atoms with E-state index in [0.717, 1.165) is 51.4 Å². The SMILES string of the molecule is CC1CCN(C(=O)CN(C)CCCn2ccnc2)CC1. The van der Waals surface area contributed by atoms with Crippen LogP contribution in [0.5, 0.6) is 0 Å². The molecule has 2 heterocycles. The van der Waals surface area contributed by atoms with Crippen molar-refractivity contribution in [2.24, 2.45) is 5.92 Å². The Morgan fingerprint density at radius 2 is 2.15 bits per heavy atom. The predicted octanol–water partition coefficient (Wildman–Crippen LogP) is 1.46. The van der Waals surface area contributed by atoms with Crippen molar-refractivity contribution >= 4 is 5.91 Å². The Labute approximate surface area is 121 Å². The number of hydrogen-bond donors (Lipinski definition) is 0. The zero-order valence-electron chi connectivity index (χ0n) is 12.7. The first-order chi connectivity index (χ1) is 9.65. The summed E-state index contributed by atoms with van der Waals surface area (Å²) in [6.07, 6.45) is 8.94. The van der Waals surface area contributed by atoms with Gasteiger partial charge in [0.15, 0.2) is 0 Å². The average molecular weight is 278 g/mol. The van der Waals surface area contributed by atoms with Crippen LogP contribution in [-0.2, 0) is 11.3 Å². The van der Waals surface area contributed by atoms with E-state index in [-0.39, 0.29) is 5.91 Å². The smallest absolute Gasteiger partial charge is 0.236 e. The third-order valence-corrected chi connectivity index (χ3v) is 4.06. The monoisotopic (exact) mass is 278 g/mol. The Hall–Kier alpha value is -1.36. The Bertz CT molecular complexity index is 396. The molecule has 0 aromatic carbocycles. The standard InChI is InChI=1S/C15H26N4O/c1-14-4-9-19(10-5-14)15(20)12-17(2)7-3-8-18-11-6-16-13-18/h6,11,13-14H,3-5,7-10,12H2,1-2H3. The molecule has 1 aromatic heterocycles. The van der Waals surface area contributed by atoms with Crippen molar-refractivity contribution in [3.8, 4) is 0 Å². The predicted molar refractivity (Wildman–Crippen MR) is 79.3 cm³/mol. The quantitative estimate of drug-likeness (QED) is 0.791. The number of aryl methyl sites for hydroxylation is 1. The summed E-state index contributed by atoms with van der Waals surface area (Å²) >= 11 is 0. The van der Waals surface area contributed by atoms with Gasteiger partial charge in [-0.15, -0.1) is 0 Å². The van der Waals surface area contributed by atoms with Gasteiger partial charge in [-0.2, -0.15) is 0 Å². The van der Waals surface area contributed by atoms with Crippen LogP contribution in [0.1, 0.15) is 26.2 Å². The van der Waals surface area contributed by atoms with Crippen molar-refractivity contribution in [2.45, 2.75) is 32.7 Å². The molecule has 1 aromatic rings. The number of carbonyl (C=O) groups is 1. The molecule has 0 unspecified atom stereocenters. The second kappa shape index (κ2) is 7.43. The first-order valence-electron chi connectivity index (χ1n) is 7.57. The fourth-order valence-electron chi connectivity index (χ4n) is 2.61. The van der Waals surface area contributed by atoms with E-state index in [9.17, 15) is 4.79 Å². The molecular weight excluding hydrogens is 252 g/mol. The van der Waals surface area contributed by atoms with Crippen molar-refractivity contribution in [1.82, 2.24) is 19.4 Å². The summed E-state index contributed by atoms with van der Waals surface area (Å²) in [5, 5.41) is 0. The second-order valence-electron chi connectivity index (χ2n) is 5.96. The number of amides is 1. The third-order valence-electron chi connectivity index (χ3n) is 4.06. The minimum atomic E-state index is 0.280. The minimum Gasteiger partial charge on any atom is -0.342 e. The number of hydrogen-bond acceptors (Lipinski definition) is 3.